The van der Waals surface area contributed by atoms with Crippen LogP contribution in [0.25, 0.3) is 10.9 Å². The fourth-order valence-electron chi connectivity index (χ4n) is 2.57. The number of para-hydroxylation sites is 1. The predicted molar refractivity (Wildman–Crippen MR) is 93.4 cm³/mol. The minimum absolute atomic E-state index is 0.0743. The largest absolute Gasteiger partial charge is 0.300 e. The summed E-state index contributed by atoms with van der Waals surface area (Å²) in [7, 11) is -3.82. The van der Waals surface area contributed by atoms with E-state index in [0.717, 1.165) is 5.39 Å². The molecule has 6 heteroatoms. The molecule has 0 aliphatic heterocycles. The highest BCUT2D eigenvalue weighted by Crippen LogP contribution is 2.25. The van der Waals surface area contributed by atoms with Gasteiger partial charge in [-0.3, -0.25) is 14.5 Å². The predicted octanol–water partition coefficient (Wildman–Crippen LogP) is 3.17. The fourth-order valence-corrected chi connectivity index (χ4v) is 3.87. The van der Waals surface area contributed by atoms with Gasteiger partial charge in [0.05, 0.1) is 16.1 Å². The summed E-state index contributed by atoms with van der Waals surface area (Å²) in [4.78, 5) is 15.8. The van der Waals surface area contributed by atoms with Crippen molar-refractivity contribution in [2.45, 2.75) is 18.2 Å². The van der Waals surface area contributed by atoms with Crippen molar-refractivity contribution in [3.05, 3.63) is 66.4 Å². The molecule has 3 aromatic rings. The summed E-state index contributed by atoms with van der Waals surface area (Å²) in [5.74, 6) is -0.0931. The number of carbonyl (C=O) groups is 1. The molecule has 3 rings (SSSR count). The zero-order valence-electron chi connectivity index (χ0n) is 13.1. The Kier molecular flexibility index (Phi) is 4.31. The number of rotatable bonds is 5. The van der Waals surface area contributed by atoms with Crippen molar-refractivity contribution < 1.29 is 13.2 Å². The molecule has 0 spiro atoms. The SMILES string of the molecule is CC(=O)Cc1ccccc1S(=O)(=O)Nc1cccc2cccnc12. The highest BCUT2D eigenvalue weighted by atomic mass is 32.2. The fraction of sp³-hybridized carbons (Fsp3) is 0.111. The molecule has 1 heterocycles. The number of hydrogen-bond acceptors (Lipinski definition) is 4. The second kappa shape index (κ2) is 6.41. The zero-order chi connectivity index (χ0) is 17.2. The van der Waals surface area contributed by atoms with Gasteiger partial charge in [-0.1, -0.05) is 36.4 Å². The van der Waals surface area contributed by atoms with Crippen molar-refractivity contribution in [3.63, 3.8) is 0 Å². The van der Waals surface area contributed by atoms with Crippen molar-refractivity contribution in [1.82, 2.24) is 4.98 Å². The maximum absolute atomic E-state index is 12.8. The summed E-state index contributed by atoms with van der Waals surface area (Å²) in [6, 6.07) is 15.5. The molecule has 0 bridgehead atoms. The summed E-state index contributed by atoms with van der Waals surface area (Å²) in [6.45, 7) is 1.44. The second-order valence-corrected chi connectivity index (χ2v) is 7.12. The van der Waals surface area contributed by atoms with E-state index in [1.807, 2.05) is 12.1 Å². The third kappa shape index (κ3) is 3.28. The molecule has 2 aromatic carbocycles. The summed E-state index contributed by atoms with van der Waals surface area (Å²) in [5.41, 5.74) is 1.46. The van der Waals surface area contributed by atoms with Crippen LogP contribution in [0, 0.1) is 0 Å². The van der Waals surface area contributed by atoms with Gasteiger partial charge in [0.15, 0.2) is 0 Å². The summed E-state index contributed by atoms with van der Waals surface area (Å²) in [6.07, 6.45) is 1.69. The third-order valence-corrected chi connectivity index (χ3v) is 5.04. The molecular formula is C18H16N2O3S. The Hall–Kier alpha value is -2.73. The highest BCUT2D eigenvalue weighted by Gasteiger charge is 2.20. The molecule has 0 amide bonds. The molecule has 0 aliphatic carbocycles. The van der Waals surface area contributed by atoms with Crippen LogP contribution in [0.2, 0.25) is 0 Å². The van der Waals surface area contributed by atoms with Gasteiger partial charge < -0.3 is 0 Å². The van der Waals surface area contributed by atoms with E-state index in [9.17, 15) is 13.2 Å². The van der Waals surface area contributed by atoms with Crippen LogP contribution in [0.15, 0.2) is 65.7 Å². The number of sulfonamides is 1. The van der Waals surface area contributed by atoms with E-state index < -0.39 is 10.0 Å². The first-order chi connectivity index (χ1) is 11.5. The van der Waals surface area contributed by atoms with Crippen LogP contribution in [0.3, 0.4) is 0 Å². The molecule has 24 heavy (non-hydrogen) atoms. The zero-order valence-corrected chi connectivity index (χ0v) is 13.9. The first-order valence-corrected chi connectivity index (χ1v) is 8.89. The Bertz CT molecular complexity index is 1010. The van der Waals surface area contributed by atoms with Crippen LogP contribution in [-0.4, -0.2) is 19.2 Å². The Balaban J connectivity index is 2.05. The van der Waals surface area contributed by atoms with E-state index in [0.29, 0.717) is 16.8 Å². The van der Waals surface area contributed by atoms with E-state index in [1.54, 1.807) is 42.6 Å². The minimum atomic E-state index is -3.82. The Morgan fingerprint density at radius 3 is 2.58 bits per heavy atom. The van der Waals surface area contributed by atoms with Crippen LogP contribution in [0.4, 0.5) is 5.69 Å². The van der Waals surface area contributed by atoms with Gasteiger partial charge in [-0.05, 0) is 30.7 Å². The lowest BCUT2D eigenvalue weighted by Gasteiger charge is -2.13. The molecule has 0 fully saturated rings. The molecular weight excluding hydrogens is 324 g/mol. The lowest BCUT2D eigenvalue weighted by Crippen LogP contribution is -2.16. The number of benzene rings is 2. The topological polar surface area (TPSA) is 76.1 Å². The number of ketones is 1. The number of nitrogens with one attached hydrogen (secondary N) is 1. The molecule has 0 saturated heterocycles. The van der Waals surface area contributed by atoms with Gasteiger partial charge in [-0.2, -0.15) is 0 Å². The van der Waals surface area contributed by atoms with Crippen molar-refractivity contribution in [1.29, 1.82) is 0 Å². The quantitative estimate of drug-likeness (QED) is 0.774. The minimum Gasteiger partial charge on any atom is -0.300 e. The maximum Gasteiger partial charge on any atom is 0.262 e. The normalized spacial score (nSPS) is 11.4. The van der Waals surface area contributed by atoms with Crippen LogP contribution < -0.4 is 4.72 Å². The molecule has 0 aliphatic rings. The Labute approximate surface area is 140 Å². The number of pyridine rings is 1. The molecule has 0 radical (unpaired) electrons. The Morgan fingerprint density at radius 2 is 1.79 bits per heavy atom. The third-order valence-electron chi connectivity index (χ3n) is 3.58. The van der Waals surface area contributed by atoms with E-state index in [4.69, 9.17) is 0 Å². The van der Waals surface area contributed by atoms with E-state index >= 15 is 0 Å². The molecule has 0 unspecified atom stereocenters. The van der Waals surface area contributed by atoms with Gasteiger partial charge in [-0.25, -0.2) is 8.42 Å². The monoisotopic (exact) mass is 340 g/mol. The van der Waals surface area contributed by atoms with Crippen molar-refractivity contribution in [2.75, 3.05) is 4.72 Å². The van der Waals surface area contributed by atoms with Gasteiger partial charge >= 0.3 is 0 Å². The molecule has 122 valence electrons. The number of nitrogens with zero attached hydrogens (tertiary/aromatic N) is 1. The average molecular weight is 340 g/mol. The first kappa shape index (κ1) is 16.1. The van der Waals surface area contributed by atoms with E-state index in [2.05, 4.69) is 9.71 Å². The van der Waals surface area contributed by atoms with E-state index in [1.165, 1.54) is 13.0 Å². The van der Waals surface area contributed by atoms with Gasteiger partial charge in [0, 0.05) is 18.0 Å². The molecule has 1 N–H and O–H groups in total. The van der Waals surface area contributed by atoms with Crippen molar-refractivity contribution in [3.8, 4) is 0 Å². The van der Waals surface area contributed by atoms with Gasteiger partial charge in [0.1, 0.15) is 5.78 Å². The molecule has 0 saturated carbocycles. The van der Waals surface area contributed by atoms with Crippen molar-refractivity contribution in [2.24, 2.45) is 0 Å². The van der Waals surface area contributed by atoms with Gasteiger partial charge in [0.2, 0.25) is 0 Å². The smallest absolute Gasteiger partial charge is 0.262 e. The van der Waals surface area contributed by atoms with Crippen LogP contribution in [-0.2, 0) is 21.2 Å². The van der Waals surface area contributed by atoms with Crippen LogP contribution in [0.5, 0.6) is 0 Å². The second-order valence-electron chi connectivity index (χ2n) is 5.47. The number of aromatic nitrogens is 1. The lowest BCUT2D eigenvalue weighted by molar-refractivity contribution is -0.116. The average Bonchev–Trinajstić information content (AvgIpc) is 2.55. The Morgan fingerprint density at radius 1 is 1.04 bits per heavy atom. The lowest BCUT2D eigenvalue weighted by atomic mass is 10.1. The number of anilines is 1. The van der Waals surface area contributed by atoms with E-state index in [-0.39, 0.29) is 17.1 Å². The standard InChI is InChI=1S/C18H16N2O3S/c1-13(21)12-15-6-2-3-10-17(15)24(22,23)20-16-9-4-7-14-8-5-11-19-18(14)16/h2-11,20H,12H2,1H3. The molecule has 1 aromatic heterocycles. The van der Waals surface area contributed by atoms with Gasteiger partial charge in [0.25, 0.3) is 10.0 Å². The summed E-state index contributed by atoms with van der Waals surface area (Å²) < 4.78 is 28.2. The molecule has 5 nitrogen and oxygen atoms in total. The van der Waals surface area contributed by atoms with Crippen molar-refractivity contribution >= 4 is 32.4 Å². The first-order valence-electron chi connectivity index (χ1n) is 7.41. The number of hydrogen-bond donors (Lipinski definition) is 1. The highest BCUT2D eigenvalue weighted by molar-refractivity contribution is 7.92. The van der Waals surface area contributed by atoms with Gasteiger partial charge in [-0.15, -0.1) is 0 Å². The number of fused-ring (bicyclic) bond motifs is 1. The van der Waals surface area contributed by atoms with Crippen LogP contribution in [0.1, 0.15) is 12.5 Å². The maximum atomic E-state index is 12.8. The number of Topliss-reactive ketones (excluding diaryl/α,β-unsaturated/α-hetero) is 1. The molecule has 0 atom stereocenters. The summed E-state index contributed by atoms with van der Waals surface area (Å²) in [5, 5.41) is 0.842. The summed E-state index contributed by atoms with van der Waals surface area (Å²) >= 11 is 0. The van der Waals surface area contributed by atoms with Crippen LogP contribution >= 0.6 is 0 Å². The number of carbonyl (C=O) groups excluding carboxylic acids is 1.